The fraction of sp³-hybridized carbons (Fsp3) is 0.600. The van der Waals surface area contributed by atoms with Crippen LogP contribution in [-0.2, 0) is 42.9 Å². The second kappa shape index (κ2) is 12.1. The summed E-state index contributed by atoms with van der Waals surface area (Å²) < 4.78 is 27.8. The number of rotatable bonds is 9. The highest BCUT2D eigenvalue weighted by molar-refractivity contribution is 8.01. The molecule has 0 aromatic carbocycles. The Bertz CT molecular complexity index is 901. The minimum absolute atomic E-state index is 0.119. The molecule has 2 heterocycles. The largest absolute Gasteiger partial charge is 0.463 e. The van der Waals surface area contributed by atoms with Crippen LogP contribution in [0.5, 0.6) is 0 Å². The zero-order valence-corrected chi connectivity index (χ0v) is 20.4. The van der Waals surface area contributed by atoms with Crippen LogP contribution in [-0.4, -0.2) is 77.5 Å². The van der Waals surface area contributed by atoms with Crippen molar-refractivity contribution in [3.63, 3.8) is 0 Å². The molecule has 1 aromatic heterocycles. The van der Waals surface area contributed by atoms with E-state index in [2.05, 4.69) is 4.98 Å². The van der Waals surface area contributed by atoms with Gasteiger partial charge in [-0.3, -0.25) is 24.0 Å². The summed E-state index contributed by atoms with van der Waals surface area (Å²) in [5.41, 5.74) is 0. The average molecular weight is 504 g/mol. The highest BCUT2D eigenvalue weighted by Gasteiger charge is 2.52. The summed E-state index contributed by atoms with van der Waals surface area (Å²) in [5, 5.41) is 0. The number of thiazole rings is 1. The number of hydrogen-bond donors (Lipinski definition) is 0. The number of ketones is 1. The lowest BCUT2D eigenvalue weighted by Gasteiger charge is -2.44. The minimum Gasteiger partial charge on any atom is -0.463 e. The van der Waals surface area contributed by atoms with E-state index in [1.165, 1.54) is 50.1 Å². The van der Waals surface area contributed by atoms with Crippen molar-refractivity contribution in [2.75, 3.05) is 12.4 Å². The SMILES string of the molecule is CC(=O)OC[C@H]1O[C@H](CSc2ncc(C(C)=O)s2)[C@@H](OC(C)=O)[C@@H](OC(C)=O)[C@@H]1OC(C)=O. The lowest BCUT2D eigenvalue weighted by molar-refractivity contribution is -0.248. The molecule has 1 aromatic rings. The maximum atomic E-state index is 11.8. The van der Waals surface area contributed by atoms with Crippen molar-refractivity contribution in [1.82, 2.24) is 4.98 Å². The molecule has 0 amide bonds. The third kappa shape index (κ3) is 8.09. The van der Waals surface area contributed by atoms with Gasteiger partial charge in [-0.2, -0.15) is 0 Å². The van der Waals surface area contributed by atoms with Crippen molar-refractivity contribution in [2.45, 2.75) is 69.5 Å². The molecule has 0 radical (unpaired) electrons. The number of aromatic nitrogens is 1. The van der Waals surface area contributed by atoms with Crippen molar-refractivity contribution in [2.24, 2.45) is 0 Å². The summed E-state index contributed by atoms with van der Waals surface area (Å²) >= 11 is 2.44. The summed E-state index contributed by atoms with van der Waals surface area (Å²) in [5.74, 6) is -2.57. The molecule has 11 nitrogen and oxygen atoms in total. The van der Waals surface area contributed by atoms with Gasteiger partial charge in [-0.25, -0.2) is 4.98 Å². The van der Waals surface area contributed by atoms with Gasteiger partial charge in [0.1, 0.15) is 18.8 Å². The lowest BCUT2D eigenvalue weighted by Crippen LogP contribution is -2.62. The second-order valence-electron chi connectivity index (χ2n) is 7.10. The first-order chi connectivity index (χ1) is 15.5. The van der Waals surface area contributed by atoms with Gasteiger partial charge >= 0.3 is 23.9 Å². The molecule has 1 saturated heterocycles. The van der Waals surface area contributed by atoms with Gasteiger partial charge in [0, 0.05) is 40.4 Å². The van der Waals surface area contributed by atoms with Crippen LogP contribution in [0.3, 0.4) is 0 Å². The second-order valence-corrected chi connectivity index (χ2v) is 9.39. The normalized spacial score (nSPS) is 24.5. The van der Waals surface area contributed by atoms with Crippen LogP contribution in [0.25, 0.3) is 0 Å². The van der Waals surface area contributed by atoms with Crippen molar-refractivity contribution in [1.29, 1.82) is 0 Å². The molecule has 33 heavy (non-hydrogen) atoms. The van der Waals surface area contributed by atoms with Crippen LogP contribution >= 0.6 is 23.1 Å². The lowest BCUT2D eigenvalue weighted by atomic mass is 9.95. The van der Waals surface area contributed by atoms with E-state index >= 15 is 0 Å². The number of carbonyl (C=O) groups is 5. The van der Waals surface area contributed by atoms with E-state index in [4.69, 9.17) is 23.7 Å². The van der Waals surface area contributed by atoms with Gasteiger partial charge < -0.3 is 23.7 Å². The Balaban J connectivity index is 2.34. The Labute approximate surface area is 198 Å². The zero-order chi connectivity index (χ0) is 24.7. The molecule has 0 aliphatic carbocycles. The Hall–Kier alpha value is -2.51. The fourth-order valence-electron chi connectivity index (χ4n) is 3.09. The molecular formula is C20H25NO10S2. The number of carbonyl (C=O) groups excluding carboxylic acids is 5. The van der Waals surface area contributed by atoms with Crippen LogP contribution in [0.15, 0.2) is 10.5 Å². The standard InChI is InChI=1S/C20H25NO10S2/c1-9(22)16-6-21-20(33-16)32-8-15-18(29-12(4)25)19(30-13(5)26)17(28-11(3)24)14(31-15)7-27-10(2)23/h6,14-15,17-19H,7-8H2,1-5H3/t14-,15-,17-,18-,19+/m1/s1. The van der Waals surface area contributed by atoms with Crippen LogP contribution in [0.2, 0.25) is 0 Å². The zero-order valence-electron chi connectivity index (χ0n) is 18.7. The monoisotopic (exact) mass is 503 g/mol. The Morgan fingerprint density at radius 3 is 1.91 bits per heavy atom. The molecule has 2 rings (SSSR count). The van der Waals surface area contributed by atoms with Gasteiger partial charge in [-0.05, 0) is 0 Å². The van der Waals surface area contributed by atoms with E-state index in [0.717, 1.165) is 13.8 Å². The molecular weight excluding hydrogens is 478 g/mol. The van der Waals surface area contributed by atoms with Crippen LogP contribution in [0.1, 0.15) is 44.3 Å². The van der Waals surface area contributed by atoms with Gasteiger partial charge in [0.25, 0.3) is 0 Å². The quantitative estimate of drug-likeness (QED) is 0.209. The minimum atomic E-state index is -1.21. The number of nitrogens with zero attached hydrogens (tertiary/aromatic N) is 1. The molecule has 1 aliphatic rings. The van der Waals surface area contributed by atoms with Crippen molar-refractivity contribution in [3.8, 4) is 0 Å². The molecule has 1 fully saturated rings. The third-order valence-corrected chi connectivity index (χ3v) is 6.63. The molecule has 182 valence electrons. The van der Waals surface area contributed by atoms with E-state index < -0.39 is 54.4 Å². The topological polar surface area (TPSA) is 144 Å². The van der Waals surface area contributed by atoms with E-state index in [0.29, 0.717) is 9.22 Å². The number of Topliss-reactive ketones (excluding diaryl/α,β-unsaturated/α-hetero) is 1. The first-order valence-electron chi connectivity index (χ1n) is 9.88. The van der Waals surface area contributed by atoms with Crippen molar-refractivity contribution >= 4 is 52.8 Å². The fourth-order valence-corrected chi connectivity index (χ4v) is 5.05. The first-order valence-corrected chi connectivity index (χ1v) is 11.7. The summed E-state index contributed by atoms with van der Waals surface area (Å²) in [6, 6.07) is 0. The van der Waals surface area contributed by atoms with Crippen LogP contribution in [0.4, 0.5) is 0 Å². The van der Waals surface area contributed by atoms with Gasteiger partial charge in [0.2, 0.25) is 0 Å². The molecule has 0 bridgehead atoms. The van der Waals surface area contributed by atoms with E-state index in [1.54, 1.807) is 0 Å². The number of thioether (sulfide) groups is 1. The first kappa shape index (κ1) is 26.7. The molecule has 5 atom stereocenters. The van der Waals surface area contributed by atoms with E-state index in [9.17, 15) is 24.0 Å². The van der Waals surface area contributed by atoms with Crippen molar-refractivity contribution < 1.29 is 47.7 Å². The predicted octanol–water partition coefficient (Wildman–Crippen LogP) is 1.56. The molecule has 0 N–H and O–H groups in total. The third-order valence-electron chi connectivity index (χ3n) is 4.29. The maximum Gasteiger partial charge on any atom is 0.303 e. The highest BCUT2D eigenvalue weighted by Crippen LogP contribution is 2.33. The van der Waals surface area contributed by atoms with Crippen LogP contribution < -0.4 is 0 Å². The molecule has 0 saturated carbocycles. The molecule has 1 aliphatic heterocycles. The summed E-state index contributed by atoms with van der Waals surface area (Å²) in [6.07, 6.45) is -3.91. The number of hydrogen-bond acceptors (Lipinski definition) is 13. The van der Waals surface area contributed by atoms with E-state index in [-0.39, 0.29) is 18.1 Å². The molecule has 0 spiro atoms. The van der Waals surface area contributed by atoms with Crippen molar-refractivity contribution in [3.05, 3.63) is 11.1 Å². The van der Waals surface area contributed by atoms with Gasteiger partial charge in [-0.15, -0.1) is 11.3 Å². The number of ether oxygens (including phenoxy) is 5. The number of esters is 4. The van der Waals surface area contributed by atoms with Crippen LogP contribution in [0, 0.1) is 0 Å². The van der Waals surface area contributed by atoms with Gasteiger partial charge in [0.15, 0.2) is 28.4 Å². The Morgan fingerprint density at radius 2 is 1.42 bits per heavy atom. The summed E-state index contributed by atoms with van der Waals surface area (Å²) in [7, 11) is 0. The molecule has 0 unspecified atom stereocenters. The molecule has 13 heteroatoms. The summed E-state index contributed by atoms with van der Waals surface area (Å²) in [4.78, 5) is 62.9. The highest BCUT2D eigenvalue weighted by atomic mass is 32.2. The Morgan fingerprint density at radius 1 is 0.879 bits per heavy atom. The average Bonchev–Trinajstić information content (AvgIpc) is 3.17. The predicted molar refractivity (Wildman–Crippen MR) is 115 cm³/mol. The Kier molecular flexibility index (Phi) is 9.80. The maximum absolute atomic E-state index is 11.8. The summed E-state index contributed by atoms with van der Waals surface area (Å²) in [6.45, 7) is 5.85. The van der Waals surface area contributed by atoms with Gasteiger partial charge in [-0.1, -0.05) is 11.8 Å². The van der Waals surface area contributed by atoms with Gasteiger partial charge in [0.05, 0.1) is 11.1 Å². The van der Waals surface area contributed by atoms with E-state index in [1.807, 2.05) is 0 Å². The smallest absolute Gasteiger partial charge is 0.303 e.